The van der Waals surface area contributed by atoms with Crippen LogP contribution in [0.1, 0.15) is 29.1 Å². The van der Waals surface area contributed by atoms with Crippen molar-refractivity contribution in [3.8, 4) is 0 Å². The van der Waals surface area contributed by atoms with Crippen molar-refractivity contribution in [2.75, 3.05) is 16.8 Å². The number of carbonyl (C=O) groups is 1. The van der Waals surface area contributed by atoms with Crippen molar-refractivity contribution in [3.05, 3.63) is 77.4 Å². The Morgan fingerprint density at radius 2 is 1.79 bits per heavy atom. The number of aromatic nitrogens is 2. The molecule has 1 N–H and O–H groups in total. The quantitative estimate of drug-likeness (QED) is 0.733. The minimum absolute atomic E-state index is 0.0639. The van der Waals surface area contributed by atoms with Crippen LogP contribution in [0.25, 0.3) is 0 Å². The van der Waals surface area contributed by atoms with E-state index in [1.165, 1.54) is 18.2 Å². The number of nitrogens with zero attached hydrogens (tertiary/aromatic N) is 3. The molecule has 28 heavy (non-hydrogen) atoms. The van der Waals surface area contributed by atoms with Crippen LogP contribution in [0.5, 0.6) is 0 Å². The maximum Gasteiger partial charge on any atom is 0.276 e. The van der Waals surface area contributed by atoms with Gasteiger partial charge in [-0.1, -0.05) is 6.07 Å². The molecule has 2 aromatic carbocycles. The molecule has 4 rings (SSSR count). The zero-order chi connectivity index (χ0) is 19.8. The summed E-state index contributed by atoms with van der Waals surface area (Å²) < 4.78 is 42.3. The van der Waals surface area contributed by atoms with E-state index in [1.807, 2.05) is 6.92 Å². The Hall–Kier alpha value is -3.29. The van der Waals surface area contributed by atoms with Crippen molar-refractivity contribution in [1.29, 1.82) is 0 Å². The molecule has 0 bridgehead atoms. The second-order valence-corrected chi connectivity index (χ2v) is 6.66. The van der Waals surface area contributed by atoms with E-state index in [4.69, 9.17) is 0 Å². The molecule has 0 fully saturated rings. The second-order valence-electron chi connectivity index (χ2n) is 6.66. The minimum atomic E-state index is -0.698. The minimum Gasteiger partial charge on any atom is -0.375 e. The van der Waals surface area contributed by atoms with Crippen LogP contribution in [0.3, 0.4) is 0 Å². The molecule has 2 heterocycles. The van der Waals surface area contributed by atoms with Gasteiger partial charge in [-0.15, -0.1) is 0 Å². The molecule has 1 aromatic heterocycles. The Labute approximate surface area is 159 Å². The summed E-state index contributed by atoms with van der Waals surface area (Å²) in [5.41, 5.74) is 1.22. The average molecular weight is 386 g/mol. The largest absolute Gasteiger partial charge is 0.375 e. The molecule has 0 saturated carbocycles. The topological polar surface area (TPSA) is 50.2 Å². The molecule has 144 valence electrons. The normalized spacial score (nSPS) is 16.2. The number of halogens is 3. The van der Waals surface area contributed by atoms with Crippen LogP contribution in [-0.2, 0) is 6.54 Å². The Balaban J connectivity index is 1.57. The van der Waals surface area contributed by atoms with Gasteiger partial charge in [0.1, 0.15) is 28.8 Å². The van der Waals surface area contributed by atoms with Gasteiger partial charge >= 0.3 is 0 Å². The third kappa shape index (κ3) is 3.21. The van der Waals surface area contributed by atoms with Gasteiger partial charge in [-0.25, -0.2) is 13.2 Å². The molecular weight excluding hydrogens is 369 g/mol. The number of fused-ring (bicyclic) bond motifs is 1. The fourth-order valence-corrected chi connectivity index (χ4v) is 3.28. The molecule has 1 aliphatic rings. The summed E-state index contributed by atoms with van der Waals surface area (Å²) in [4.78, 5) is 14.4. The van der Waals surface area contributed by atoms with E-state index in [0.29, 0.717) is 23.6 Å². The third-order valence-corrected chi connectivity index (χ3v) is 4.66. The van der Waals surface area contributed by atoms with Gasteiger partial charge in [-0.3, -0.25) is 9.48 Å². The van der Waals surface area contributed by atoms with E-state index in [-0.39, 0.29) is 30.0 Å². The number of hydrogen-bond donors (Lipinski definition) is 1. The van der Waals surface area contributed by atoms with Crippen LogP contribution in [0, 0.1) is 17.5 Å². The molecule has 3 aromatic rings. The van der Waals surface area contributed by atoms with Crippen LogP contribution in [0.15, 0.2) is 48.5 Å². The SMILES string of the molecule is CC1CN(c2ccc(F)cc2)C(=O)c2cc(CNc3c(F)cccc3F)nn21. The van der Waals surface area contributed by atoms with E-state index < -0.39 is 11.6 Å². The smallest absolute Gasteiger partial charge is 0.276 e. The Morgan fingerprint density at radius 3 is 2.46 bits per heavy atom. The highest BCUT2D eigenvalue weighted by molar-refractivity contribution is 6.05. The van der Waals surface area contributed by atoms with E-state index in [1.54, 1.807) is 27.8 Å². The number of benzene rings is 2. The number of para-hydroxylation sites is 1. The van der Waals surface area contributed by atoms with Crippen molar-refractivity contribution < 1.29 is 18.0 Å². The Kier molecular flexibility index (Phi) is 4.54. The van der Waals surface area contributed by atoms with E-state index in [2.05, 4.69) is 10.4 Å². The summed E-state index contributed by atoms with van der Waals surface area (Å²) in [6.45, 7) is 2.36. The maximum absolute atomic E-state index is 13.8. The molecule has 1 unspecified atom stereocenters. The van der Waals surface area contributed by atoms with Gasteiger partial charge in [-0.05, 0) is 49.4 Å². The lowest BCUT2D eigenvalue weighted by Crippen LogP contribution is -2.42. The Bertz CT molecular complexity index is 1010. The summed E-state index contributed by atoms with van der Waals surface area (Å²) in [6, 6.07) is 10.8. The number of rotatable bonds is 4. The van der Waals surface area contributed by atoms with Gasteiger partial charge < -0.3 is 10.2 Å². The predicted molar refractivity (Wildman–Crippen MR) is 98.7 cm³/mol. The summed E-state index contributed by atoms with van der Waals surface area (Å²) in [5.74, 6) is -2.03. The molecule has 1 aliphatic heterocycles. The summed E-state index contributed by atoms with van der Waals surface area (Å²) >= 11 is 0. The second kappa shape index (κ2) is 7.03. The highest BCUT2D eigenvalue weighted by Crippen LogP contribution is 2.27. The van der Waals surface area contributed by atoms with Crippen LogP contribution < -0.4 is 10.2 Å². The zero-order valence-electron chi connectivity index (χ0n) is 15.0. The van der Waals surface area contributed by atoms with Crippen molar-refractivity contribution in [3.63, 3.8) is 0 Å². The molecular formula is C20H17F3N4O. The molecule has 1 amide bonds. The first kappa shape index (κ1) is 18.1. The number of nitrogens with one attached hydrogen (secondary N) is 1. The summed E-state index contributed by atoms with van der Waals surface area (Å²) in [6.07, 6.45) is 0. The standard InChI is InChI=1S/C20H17F3N4O/c1-12-11-26(15-7-5-13(21)6-8-15)20(28)18-9-14(25-27(12)18)10-24-19-16(22)3-2-4-17(19)23/h2-9,12,24H,10-11H2,1H3. The van der Waals surface area contributed by atoms with Gasteiger partial charge in [0, 0.05) is 12.2 Å². The fraction of sp³-hybridized carbons (Fsp3) is 0.200. The van der Waals surface area contributed by atoms with Gasteiger partial charge in [0.15, 0.2) is 0 Å². The fourth-order valence-electron chi connectivity index (χ4n) is 3.28. The predicted octanol–water partition coefficient (Wildman–Crippen LogP) is 4.13. The summed E-state index contributed by atoms with van der Waals surface area (Å²) in [7, 11) is 0. The molecule has 0 saturated heterocycles. The first-order chi connectivity index (χ1) is 13.4. The first-order valence-corrected chi connectivity index (χ1v) is 8.78. The molecule has 1 atom stereocenters. The van der Waals surface area contributed by atoms with Crippen molar-refractivity contribution >= 4 is 17.3 Å². The van der Waals surface area contributed by atoms with E-state index in [0.717, 1.165) is 12.1 Å². The molecule has 5 nitrogen and oxygen atoms in total. The number of hydrogen-bond acceptors (Lipinski definition) is 3. The molecule has 0 aliphatic carbocycles. The molecule has 0 spiro atoms. The zero-order valence-corrected chi connectivity index (χ0v) is 15.0. The van der Waals surface area contributed by atoms with Crippen LogP contribution >= 0.6 is 0 Å². The molecule has 8 heteroatoms. The highest BCUT2D eigenvalue weighted by Gasteiger charge is 2.31. The monoisotopic (exact) mass is 386 g/mol. The lowest BCUT2D eigenvalue weighted by Gasteiger charge is -2.31. The summed E-state index contributed by atoms with van der Waals surface area (Å²) in [5, 5.41) is 7.09. The van der Waals surface area contributed by atoms with Crippen LogP contribution in [0.4, 0.5) is 24.5 Å². The maximum atomic E-state index is 13.8. The Morgan fingerprint density at radius 1 is 1.11 bits per heavy atom. The molecule has 0 radical (unpaired) electrons. The lowest BCUT2D eigenvalue weighted by molar-refractivity contribution is 0.0953. The van der Waals surface area contributed by atoms with Crippen LogP contribution in [-0.4, -0.2) is 22.2 Å². The third-order valence-electron chi connectivity index (χ3n) is 4.66. The van der Waals surface area contributed by atoms with Crippen LogP contribution in [0.2, 0.25) is 0 Å². The van der Waals surface area contributed by atoms with Crippen molar-refractivity contribution in [2.24, 2.45) is 0 Å². The van der Waals surface area contributed by atoms with Crippen molar-refractivity contribution in [1.82, 2.24) is 9.78 Å². The van der Waals surface area contributed by atoms with Gasteiger partial charge in [0.25, 0.3) is 5.91 Å². The lowest BCUT2D eigenvalue weighted by atomic mass is 10.1. The highest BCUT2D eigenvalue weighted by atomic mass is 19.1. The number of anilines is 2. The first-order valence-electron chi connectivity index (χ1n) is 8.78. The number of amides is 1. The van der Waals surface area contributed by atoms with E-state index >= 15 is 0 Å². The van der Waals surface area contributed by atoms with Gasteiger partial charge in [-0.2, -0.15) is 5.10 Å². The van der Waals surface area contributed by atoms with Crippen molar-refractivity contribution in [2.45, 2.75) is 19.5 Å². The van der Waals surface area contributed by atoms with E-state index in [9.17, 15) is 18.0 Å². The number of carbonyl (C=O) groups excluding carboxylic acids is 1. The van der Waals surface area contributed by atoms with Gasteiger partial charge in [0.2, 0.25) is 0 Å². The van der Waals surface area contributed by atoms with Gasteiger partial charge in [0.05, 0.1) is 18.3 Å². The average Bonchev–Trinajstić information content (AvgIpc) is 3.10.